The molecule has 2 unspecified atom stereocenters. The zero-order valence-corrected chi connectivity index (χ0v) is 11.0. The largest absolute Gasteiger partial charge is 0.386 e. The summed E-state index contributed by atoms with van der Waals surface area (Å²) in [5, 5.41) is 12.6. The number of rotatable bonds is 4. The predicted octanol–water partition coefficient (Wildman–Crippen LogP) is 2.94. The molecule has 0 fully saturated rings. The highest BCUT2D eigenvalue weighted by Gasteiger charge is 2.24. The zero-order chi connectivity index (χ0) is 13.1. The summed E-state index contributed by atoms with van der Waals surface area (Å²) >= 11 is 0. The van der Waals surface area contributed by atoms with Gasteiger partial charge >= 0.3 is 0 Å². The highest BCUT2D eigenvalue weighted by molar-refractivity contribution is 5.85. The fourth-order valence-electron chi connectivity index (χ4n) is 2.35. The number of fused-ring (bicyclic) bond motifs is 1. The van der Waals surface area contributed by atoms with Gasteiger partial charge in [0.15, 0.2) is 0 Å². The first-order chi connectivity index (χ1) is 8.65. The van der Waals surface area contributed by atoms with Crippen LogP contribution in [0.25, 0.3) is 10.8 Å². The van der Waals surface area contributed by atoms with Gasteiger partial charge in [-0.3, -0.25) is 4.98 Å². The van der Waals surface area contributed by atoms with Crippen molar-refractivity contribution in [3.8, 4) is 0 Å². The number of methoxy groups -OCH3 is 1. The van der Waals surface area contributed by atoms with Crippen LogP contribution in [0.4, 0.5) is 0 Å². The number of aromatic nitrogens is 1. The number of nitrogens with zero attached hydrogens (tertiary/aromatic N) is 1. The van der Waals surface area contributed by atoms with Crippen LogP contribution in [0.15, 0.2) is 36.7 Å². The van der Waals surface area contributed by atoms with Gasteiger partial charge in [0, 0.05) is 24.9 Å². The van der Waals surface area contributed by atoms with Crippen LogP contribution in [-0.4, -0.2) is 23.3 Å². The predicted molar refractivity (Wildman–Crippen MR) is 72.3 cm³/mol. The Morgan fingerprint density at radius 1 is 1.22 bits per heavy atom. The standard InChI is InChI=1S/C15H19NO2/c1-10(2)15(18-3)14(17)13-6-4-5-11-9-16-8-7-12(11)13/h4-10,14-15,17H,1-3H3. The second-order valence-electron chi connectivity index (χ2n) is 4.83. The van der Waals surface area contributed by atoms with Crippen molar-refractivity contribution in [2.45, 2.75) is 26.1 Å². The van der Waals surface area contributed by atoms with Crippen molar-refractivity contribution in [2.24, 2.45) is 5.92 Å². The SMILES string of the molecule is COC(C(C)C)C(O)c1cccc2cnccc12. The van der Waals surface area contributed by atoms with Crippen molar-refractivity contribution < 1.29 is 9.84 Å². The molecular formula is C15H19NO2. The maximum absolute atomic E-state index is 10.5. The molecule has 0 saturated carbocycles. The van der Waals surface area contributed by atoms with E-state index >= 15 is 0 Å². The van der Waals surface area contributed by atoms with Crippen molar-refractivity contribution in [1.29, 1.82) is 0 Å². The quantitative estimate of drug-likeness (QED) is 0.900. The first kappa shape index (κ1) is 13.0. The molecular weight excluding hydrogens is 226 g/mol. The van der Waals surface area contributed by atoms with Crippen LogP contribution in [0.3, 0.4) is 0 Å². The molecule has 1 N–H and O–H groups in total. The lowest BCUT2D eigenvalue weighted by Gasteiger charge is -2.26. The number of hydrogen-bond donors (Lipinski definition) is 1. The summed E-state index contributed by atoms with van der Waals surface area (Å²) in [7, 11) is 1.64. The molecule has 0 amide bonds. The smallest absolute Gasteiger partial charge is 0.106 e. The summed E-state index contributed by atoms with van der Waals surface area (Å²) in [6.45, 7) is 4.09. The molecule has 0 aliphatic carbocycles. The van der Waals surface area contributed by atoms with Gasteiger partial charge < -0.3 is 9.84 Å². The summed E-state index contributed by atoms with van der Waals surface area (Å²) in [5.41, 5.74) is 0.899. The second-order valence-corrected chi connectivity index (χ2v) is 4.83. The Bertz CT molecular complexity index is 519. The lowest BCUT2D eigenvalue weighted by molar-refractivity contribution is -0.0384. The van der Waals surface area contributed by atoms with Crippen LogP contribution in [-0.2, 0) is 4.74 Å². The number of aliphatic hydroxyl groups is 1. The second kappa shape index (κ2) is 5.46. The third-order valence-electron chi connectivity index (χ3n) is 3.27. The Kier molecular flexibility index (Phi) is 3.94. The molecule has 2 atom stereocenters. The van der Waals surface area contributed by atoms with Crippen molar-refractivity contribution in [3.05, 3.63) is 42.2 Å². The minimum atomic E-state index is -0.624. The molecule has 0 aliphatic heterocycles. The van der Waals surface area contributed by atoms with Gasteiger partial charge in [-0.15, -0.1) is 0 Å². The van der Waals surface area contributed by atoms with Crippen LogP contribution in [0.5, 0.6) is 0 Å². The molecule has 0 radical (unpaired) electrons. The van der Waals surface area contributed by atoms with E-state index in [1.165, 1.54) is 0 Å². The van der Waals surface area contributed by atoms with Crippen LogP contribution in [0.2, 0.25) is 0 Å². The van der Waals surface area contributed by atoms with Crippen LogP contribution in [0.1, 0.15) is 25.5 Å². The molecule has 1 aromatic heterocycles. The third kappa shape index (κ3) is 2.37. The Hall–Kier alpha value is -1.45. The molecule has 1 aromatic carbocycles. The van der Waals surface area contributed by atoms with Crippen molar-refractivity contribution in [3.63, 3.8) is 0 Å². The van der Waals surface area contributed by atoms with Gasteiger partial charge in [-0.25, -0.2) is 0 Å². The van der Waals surface area contributed by atoms with E-state index in [2.05, 4.69) is 4.98 Å². The number of benzene rings is 1. The van der Waals surface area contributed by atoms with E-state index in [4.69, 9.17) is 4.74 Å². The average Bonchev–Trinajstić information content (AvgIpc) is 2.38. The minimum absolute atomic E-state index is 0.205. The van der Waals surface area contributed by atoms with E-state index in [9.17, 15) is 5.11 Å². The Morgan fingerprint density at radius 2 is 2.00 bits per heavy atom. The summed E-state index contributed by atoms with van der Waals surface area (Å²) in [4.78, 5) is 4.10. The van der Waals surface area contributed by atoms with E-state index in [-0.39, 0.29) is 12.0 Å². The Balaban J connectivity index is 2.47. The van der Waals surface area contributed by atoms with Gasteiger partial charge in [0.2, 0.25) is 0 Å². The van der Waals surface area contributed by atoms with Gasteiger partial charge in [-0.2, -0.15) is 0 Å². The van der Waals surface area contributed by atoms with E-state index < -0.39 is 6.10 Å². The highest BCUT2D eigenvalue weighted by Crippen LogP contribution is 2.29. The van der Waals surface area contributed by atoms with Gasteiger partial charge in [0.25, 0.3) is 0 Å². The third-order valence-corrected chi connectivity index (χ3v) is 3.27. The lowest BCUT2D eigenvalue weighted by atomic mass is 9.93. The highest BCUT2D eigenvalue weighted by atomic mass is 16.5. The molecule has 0 saturated heterocycles. The van der Waals surface area contributed by atoms with E-state index in [1.807, 2.05) is 44.3 Å². The van der Waals surface area contributed by atoms with Gasteiger partial charge in [-0.1, -0.05) is 32.0 Å². The Labute approximate surface area is 107 Å². The molecule has 0 spiro atoms. The summed E-state index contributed by atoms with van der Waals surface area (Å²) in [6.07, 6.45) is 2.73. The summed E-state index contributed by atoms with van der Waals surface area (Å²) in [6, 6.07) is 7.81. The fourth-order valence-corrected chi connectivity index (χ4v) is 2.35. The lowest BCUT2D eigenvalue weighted by Crippen LogP contribution is -2.26. The van der Waals surface area contributed by atoms with Crippen LogP contribution >= 0.6 is 0 Å². The molecule has 0 bridgehead atoms. The molecule has 2 rings (SSSR count). The molecule has 18 heavy (non-hydrogen) atoms. The maximum atomic E-state index is 10.5. The molecule has 0 aliphatic rings. The molecule has 3 nitrogen and oxygen atoms in total. The first-order valence-corrected chi connectivity index (χ1v) is 6.18. The maximum Gasteiger partial charge on any atom is 0.106 e. The number of hydrogen-bond acceptors (Lipinski definition) is 3. The normalized spacial score (nSPS) is 14.9. The van der Waals surface area contributed by atoms with Crippen molar-refractivity contribution >= 4 is 10.8 Å². The molecule has 3 heteroatoms. The average molecular weight is 245 g/mol. The van der Waals surface area contributed by atoms with E-state index in [0.717, 1.165) is 16.3 Å². The Morgan fingerprint density at radius 3 is 2.67 bits per heavy atom. The first-order valence-electron chi connectivity index (χ1n) is 6.18. The number of aliphatic hydroxyl groups excluding tert-OH is 1. The van der Waals surface area contributed by atoms with E-state index in [1.54, 1.807) is 13.3 Å². The monoisotopic (exact) mass is 245 g/mol. The molecule has 1 heterocycles. The fraction of sp³-hybridized carbons (Fsp3) is 0.400. The van der Waals surface area contributed by atoms with Crippen LogP contribution < -0.4 is 0 Å². The molecule has 2 aromatic rings. The van der Waals surface area contributed by atoms with Crippen molar-refractivity contribution in [2.75, 3.05) is 7.11 Å². The number of ether oxygens (including phenoxy) is 1. The number of pyridine rings is 1. The summed E-state index contributed by atoms with van der Waals surface area (Å²) in [5.74, 6) is 0.252. The van der Waals surface area contributed by atoms with Gasteiger partial charge in [-0.05, 0) is 22.9 Å². The van der Waals surface area contributed by atoms with E-state index in [0.29, 0.717) is 0 Å². The van der Waals surface area contributed by atoms with Gasteiger partial charge in [0.1, 0.15) is 6.10 Å². The van der Waals surface area contributed by atoms with Crippen LogP contribution in [0, 0.1) is 5.92 Å². The van der Waals surface area contributed by atoms with Crippen molar-refractivity contribution in [1.82, 2.24) is 4.98 Å². The zero-order valence-electron chi connectivity index (χ0n) is 11.0. The molecule has 96 valence electrons. The minimum Gasteiger partial charge on any atom is -0.386 e. The summed E-state index contributed by atoms with van der Waals surface area (Å²) < 4.78 is 5.41. The van der Waals surface area contributed by atoms with Gasteiger partial charge in [0.05, 0.1) is 6.10 Å². The topological polar surface area (TPSA) is 42.4 Å².